The van der Waals surface area contributed by atoms with Crippen molar-refractivity contribution in [3.05, 3.63) is 163 Å². The van der Waals surface area contributed by atoms with Crippen molar-refractivity contribution in [3.63, 3.8) is 0 Å². The van der Waals surface area contributed by atoms with Gasteiger partial charge in [-0.3, -0.25) is 0 Å². The number of hydrogen-bond acceptors (Lipinski definition) is 4. The van der Waals surface area contributed by atoms with Gasteiger partial charge in [-0.15, -0.1) is 0 Å². The summed E-state index contributed by atoms with van der Waals surface area (Å²) in [6.07, 6.45) is 7.98. The molecule has 4 saturated carbocycles. The van der Waals surface area contributed by atoms with Gasteiger partial charge in [0.25, 0.3) is 0 Å². The van der Waals surface area contributed by atoms with Crippen LogP contribution in [0.5, 0.6) is 0 Å². The molecule has 4 bridgehead atoms. The monoisotopic (exact) mass is 696 g/mol. The van der Waals surface area contributed by atoms with E-state index in [0.29, 0.717) is 23.0 Å². The van der Waals surface area contributed by atoms with E-state index in [9.17, 15) is 5.26 Å². The molecule has 0 spiro atoms. The average Bonchev–Trinajstić information content (AvgIpc) is 3.23. The third-order valence-electron chi connectivity index (χ3n) is 12.3. The van der Waals surface area contributed by atoms with Gasteiger partial charge >= 0.3 is 0 Å². The molecule has 4 aliphatic carbocycles. The maximum absolute atomic E-state index is 9.56. The van der Waals surface area contributed by atoms with Gasteiger partial charge in [0.1, 0.15) is 0 Å². The molecule has 260 valence electrons. The zero-order valence-electron chi connectivity index (χ0n) is 30.2. The highest BCUT2D eigenvalue weighted by molar-refractivity contribution is 5.77. The van der Waals surface area contributed by atoms with Gasteiger partial charge in [0.2, 0.25) is 0 Å². The summed E-state index contributed by atoms with van der Waals surface area (Å²) in [6, 6.07) is 55.4. The number of hydrogen-bond donors (Lipinski definition) is 0. The summed E-state index contributed by atoms with van der Waals surface area (Å²) in [5.74, 6) is 4.44. The molecule has 0 atom stereocenters. The van der Waals surface area contributed by atoms with Crippen LogP contribution in [0.25, 0.3) is 67.5 Å². The Morgan fingerprint density at radius 1 is 0.407 bits per heavy atom. The molecule has 11 rings (SSSR count). The summed E-state index contributed by atoms with van der Waals surface area (Å²) in [5, 5.41) is 9.56. The molecule has 4 heteroatoms. The summed E-state index contributed by atoms with van der Waals surface area (Å²) in [5.41, 5.74) is 12.0. The smallest absolute Gasteiger partial charge is 0.164 e. The maximum atomic E-state index is 9.56. The van der Waals surface area contributed by atoms with E-state index in [1.165, 1.54) is 44.1 Å². The zero-order chi connectivity index (χ0) is 36.1. The van der Waals surface area contributed by atoms with Crippen LogP contribution in [0.4, 0.5) is 0 Å². The highest BCUT2D eigenvalue weighted by Crippen LogP contribution is 2.61. The van der Waals surface area contributed by atoms with Crippen LogP contribution in [0.1, 0.15) is 49.7 Å². The minimum atomic E-state index is 0.179. The predicted molar refractivity (Wildman–Crippen MR) is 217 cm³/mol. The second-order valence-electron chi connectivity index (χ2n) is 15.9. The van der Waals surface area contributed by atoms with Crippen LogP contribution in [-0.4, -0.2) is 15.0 Å². The third kappa shape index (κ3) is 6.10. The molecular formula is C50H40N4. The quantitative estimate of drug-likeness (QED) is 0.166. The van der Waals surface area contributed by atoms with Crippen molar-refractivity contribution in [1.29, 1.82) is 5.26 Å². The molecule has 0 amide bonds. The Labute approximate surface area is 317 Å². The molecule has 7 aromatic rings. The van der Waals surface area contributed by atoms with Crippen LogP contribution >= 0.6 is 0 Å². The van der Waals surface area contributed by atoms with Gasteiger partial charge in [-0.05, 0) is 137 Å². The topological polar surface area (TPSA) is 62.5 Å². The van der Waals surface area contributed by atoms with Crippen molar-refractivity contribution in [2.75, 3.05) is 0 Å². The molecule has 4 aliphatic rings. The normalized spacial score (nSPS) is 21.1. The molecule has 54 heavy (non-hydrogen) atoms. The van der Waals surface area contributed by atoms with Gasteiger partial charge in [-0.1, -0.05) is 115 Å². The van der Waals surface area contributed by atoms with E-state index in [1.807, 2.05) is 24.3 Å². The highest BCUT2D eigenvalue weighted by Gasteiger charge is 2.51. The first-order chi connectivity index (χ1) is 26.6. The standard InChI is InChI=1S/C50H40N4/c51-32-33-17-19-39(20-18-33)44-26-45(28-46(27-44)50-29-34-21-35(30-50)23-36(22-34)31-50)49-53-47(42-15-7-13-40(24-42)37-9-3-1-4-10-37)52-48(54-49)43-16-8-14-41(25-43)38-11-5-2-6-12-38/h1-20,24-28,34-36H,21-23,29-31H2. The number of rotatable bonds is 7. The average molecular weight is 697 g/mol. The molecule has 4 nitrogen and oxygen atoms in total. The van der Waals surface area contributed by atoms with Crippen LogP contribution in [-0.2, 0) is 5.41 Å². The van der Waals surface area contributed by atoms with Crippen molar-refractivity contribution in [2.45, 2.75) is 43.9 Å². The fourth-order valence-electron chi connectivity index (χ4n) is 10.1. The van der Waals surface area contributed by atoms with E-state index >= 15 is 0 Å². The lowest BCUT2D eigenvalue weighted by Crippen LogP contribution is -2.48. The molecule has 6 aromatic carbocycles. The van der Waals surface area contributed by atoms with E-state index in [1.54, 1.807) is 0 Å². The Balaban J connectivity index is 1.16. The minimum absolute atomic E-state index is 0.179. The summed E-state index contributed by atoms with van der Waals surface area (Å²) < 4.78 is 0. The molecular weight excluding hydrogens is 657 g/mol. The zero-order valence-corrected chi connectivity index (χ0v) is 30.2. The first-order valence-corrected chi connectivity index (χ1v) is 19.3. The van der Waals surface area contributed by atoms with Gasteiger partial charge in [0.05, 0.1) is 11.6 Å². The van der Waals surface area contributed by atoms with Gasteiger partial charge in [-0.25, -0.2) is 15.0 Å². The van der Waals surface area contributed by atoms with Crippen molar-refractivity contribution >= 4 is 0 Å². The molecule has 0 unspecified atom stereocenters. The van der Waals surface area contributed by atoms with E-state index in [2.05, 4.69) is 133 Å². The molecule has 4 fully saturated rings. The van der Waals surface area contributed by atoms with Crippen LogP contribution in [0.3, 0.4) is 0 Å². The maximum Gasteiger partial charge on any atom is 0.164 e. The highest BCUT2D eigenvalue weighted by atomic mass is 15.0. The molecule has 0 N–H and O–H groups in total. The van der Waals surface area contributed by atoms with Crippen LogP contribution in [0, 0.1) is 29.1 Å². The Morgan fingerprint density at radius 2 is 0.815 bits per heavy atom. The van der Waals surface area contributed by atoms with Crippen molar-refractivity contribution in [2.24, 2.45) is 17.8 Å². The fourth-order valence-corrected chi connectivity index (χ4v) is 10.1. The molecule has 1 aromatic heterocycles. The number of nitriles is 1. The van der Waals surface area contributed by atoms with Crippen molar-refractivity contribution < 1.29 is 0 Å². The fraction of sp³-hybridized carbons (Fsp3) is 0.200. The molecule has 0 saturated heterocycles. The van der Waals surface area contributed by atoms with Gasteiger partial charge in [0.15, 0.2) is 17.5 Å². The summed E-state index contributed by atoms with van der Waals surface area (Å²) in [7, 11) is 0. The number of nitrogens with zero attached hydrogens (tertiary/aromatic N) is 4. The Kier molecular flexibility index (Phi) is 8.02. The second-order valence-corrected chi connectivity index (χ2v) is 15.9. The number of aromatic nitrogens is 3. The van der Waals surface area contributed by atoms with Gasteiger partial charge in [-0.2, -0.15) is 5.26 Å². The summed E-state index contributed by atoms with van der Waals surface area (Å²) in [4.78, 5) is 15.8. The van der Waals surface area contributed by atoms with E-state index in [-0.39, 0.29) is 5.41 Å². The Hall–Kier alpha value is -6.18. The molecule has 1 heterocycles. The minimum Gasteiger partial charge on any atom is -0.208 e. The Bertz CT molecular complexity index is 2400. The molecule has 0 aliphatic heterocycles. The lowest BCUT2D eigenvalue weighted by Gasteiger charge is -2.57. The van der Waals surface area contributed by atoms with E-state index < -0.39 is 0 Å². The first-order valence-electron chi connectivity index (χ1n) is 19.3. The third-order valence-corrected chi connectivity index (χ3v) is 12.3. The van der Waals surface area contributed by atoms with Crippen LogP contribution in [0.15, 0.2) is 152 Å². The summed E-state index contributed by atoms with van der Waals surface area (Å²) in [6.45, 7) is 0. The lowest BCUT2D eigenvalue weighted by molar-refractivity contribution is -0.00515. The second kappa shape index (κ2) is 13.3. The lowest BCUT2D eigenvalue weighted by atomic mass is 9.48. The van der Waals surface area contributed by atoms with Crippen LogP contribution in [0.2, 0.25) is 0 Å². The first kappa shape index (κ1) is 32.5. The van der Waals surface area contributed by atoms with E-state index in [4.69, 9.17) is 15.0 Å². The van der Waals surface area contributed by atoms with Gasteiger partial charge in [0, 0.05) is 16.7 Å². The summed E-state index contributed by atoms with van der Waals surface area (Å²) >= 11 is 0. The largest absolute Gasteiger partial charge is 0.208 e. The number of benzene rings is 6. The van der Waals surface area contributed by atoms with Crippen LogP contribution < -0.4 is 0 Å². The van der Waals surface area contributed by atoms with Crippen molar-refractivity contribution in [3.8, 4) is 73.6 Å². The SMILES string of the molecule is N#Cc1ccc(-c2cc(-c3nc(-c4cccc(-c5ccccc5)c4)nc(-c4cccc(-c5ccccc5)c4)n3)cc(C34CC5CC(CC(C5)C3)C4)c2)cc1. The van der Waals surface area contributed by atoms with Gasteiger partial charge < -0.3 is 0 Å². The molecule has 0 radical (unpaired) electrons. The van der Waals surface area contributed by atoms with E-state index in [0.717, 1.165) is 67.8 Å². The van der Waals surface area contributed by atoms with Crippen molar-refractivity contribution in [1.82, 2.24) is 15.0 Å². The predicted octanol–water partition coefficient (Wildman–Crippen LogP) is 12.2. The Morgan fingerprint density at radius 3 is 1.31 bits per heavy atom.